The quantitative estimate of drug-likeness (QED) is 0.662. The number of nitrogens with zero attached hydrogens (tertiary/aromatic N) is 4. The Morgan fingerprint density at radius 3 is 2.50 bits per heavy atom. The molecule has 0 N–H and O–H groups in total. The zero-order valence-corrected chi connectivity index (χ0v) is 17.8. The largest absolute Gasteiger partial charge is 0.497 e. The normalized spacial score (nSPS) is 16.6. The van der Waals surface area contributed by atoms with Gasteiger partial charge in [-0.1, -0.05) is 0 Å². The summed E-state index contributed by atoms with van der Waals surface area (Å²) in [5.41, 5.74) is 2.85. The molecule has 1 fully saturated rings. The van der Waals surface area contributed by atoms with Gasteiger partial charge in [0.05, 0.1) is 25.1 Å². The second kappa shape index (κ2) is 8.18. The molecule has 1 unspecified atom stereocenters. The van der Waals surface area contributed by atoms with Gasteiger partial charge in [-0.3, -0.25) is 4.79 Å². The number of anilines is 1. The fourth-order valence-electron chi connectivity index (χ4n) is 3.99. The van der Waals surface area contributed by atoms with Gasteiger partial charge in [0.1, 0.15) is 11.5 Å². The van der Waals surface area contributed by atoms with Gasteiger partial charge in [-0.15, -0.1) is 0 Å². The molecule has 30 heavy (non-hydrogen) atoms. The summed E-state index contributed by atoms with van der Waals surface area (Å²) in [6.07, 6.45) is 1.78. The van der Waals surface area contributed by atoms with E-state index in [1.165, 1.54) is 0 Å². The zero-order valence-electron chi connectivity index (χ0n) is 17.8. The minimum absolute atomic E-state index is 0.138. The van der Waals surface area contributed by atoms with Crippen molar-refractivity contribution in [2.24, 2.45) is 0 Å². The van der Waals surface area contributed by atoms with Crippen LogP contribution < -0.4 is 14.4 Å². The maximum atomic E-state index is 11.7. The Bertz CT molecular complexity index is 1070. The molecule has 0 radical (unpaired) electrons. The first-order chi connectivity index (χ1) is 14.5. The molecule has 1 aliphatic rings. The van der Waals surface area contributed by atoms with Crippen LogP contribution >= 0.6 is 0 Å². The van der Waals surface area contributed by atoms with Crippen LogP contribution in [0.5, 0.6) is 11.5 Å². The van der Waals surface area contributed by atoms with E-state index in [0.717, 1.165) is 41.8 Å². The monoisotopic (exact) mass is 406 g/mol. The number of benzene rings is 2. The van der Waals surface area contributed by atoms with Crippen molar-refractivity contribution in [3.63, 3.8) is 0 Å². The van der Waals surface area contributed by atoms with Gasteiger partial charge < -0.3 is 19.3 Å². The molecule has 1 atom stereocenters. The highest BCUT2D eigenvalue weighted by Crippen LogP contribution is 2.31. The third kappa shape index (κ3) is 3.75. The number of fused-ring (bicyclic) bond motifs is 1. The van der Waals surface area contributed by atoms with E-state index in [0.29, 0.717) is 17.3 Å². The third-order valence-electron chi connectivity index (χ3n) is 5.61. The van der Waals surface area contributed by atoms with Crippen molar-refractivity contribution in [1.82, 2.24) is 14.9 Å². The molecule has 3 aromatic rings. The summed E-state index contributed by atoms with van der Waals surface area (Å²) in [5.74, 6) is 2.17. The van der Waals surface area contributed by atoms with E-state index < -0.39 is 0 Å². The SMILES string of the molecule is COc1cc(OC)c2cnc(-c3ccc(N4CCN(C(C)=O)C(C)C4)cc3)nc2c1. The number of piperazine rings is 1. The maximum absolute atomic E-state index is 11.7. The number of carbonyl (C=O) groups is 1. The lowest BCUT2D eigenvalue weighted by Gasteiger charge is -2.40. The first-order valence-electron chi connectivity index (χ1n) is 10.0. The molecule has 2 aromatic carbocycles. The van der Waals surface area contributed by atoms with Gasteiger partial charge in [0.25, 0.3) is 0 Å². The van der Waals surface area contributed by atoms with Gasteiger partial charge in [-0.25, -0.2) is 9.97 Å². The van der Waals surface area contributed by atoms with Crippen molar-refractivity contribution >= 4 is 22.5 Å². The average Bonchev–Trinajstić information content (AvgIpc) is 2.77. The van der Waals surface area contributed by atoms with E-state index in [1.807, 2.05) is 29.2 Å². The Labute approximate surface area is 176 Å². The van der Waals surface area contributed by atoms with Crippen LogP contribution in [0.3, 0.4) is 0 Å². The van der Waals surface area contributed by atoms with E-state index in [2.05, 4.69) is 28.9 Å². The molecular formula is C23H26N4O3. The van der Waals surface area contributed by atoms with Gasteiger partial charge in [-0.05, 0) is 31.2 Å². The van der Waals surface area contributed by atoms with Crippen LogP contribution in [0.4, 0.5) is 5.69 Å². The molecular weight excluding hydrogens is 380 g/mol. The number of amides is 1. The Morgan fingerprint density at radius 2 is 1.87 bits per heavy atom. The summed E-state index contributed by atoms with van der Waals surface area (Å²) in [6.45, 7) is 6.12. The number of hydrogen-bond acceptors (Lipinski definition) is 6. The highest BCUT2D eigenvalue weighted by Gasteiger charge is 2.25. The second-order valence-electron chi connectivity index (χ2n) is 7.51. The second-order valence-corrected chi connectivity index (χ2v) is 7.51. The van der Waals surface area contributed by atoms with Crippen LogP contribution in [-0.4, -0.2) is 60.7 Å². The smallest absolute Gasteiger partial charge is 0.219 e. The van der Waals surface area contributed by atoms with Crippen molar-refractivity contribution in [3.05, 3.63) is 42.6 Å². The van der Waals surface area contributed by atoms with Gasteiger partial charge in [0.15, 0.2) is 5.82 Å². The summed E-state index contributed by atoms with van der Waals surface area (Å²) >= 11 is 0. The van der Waals surface area contributed by atoms with Crippen LogP contribution in [0.25, 0.3) is 22.3 Å². The summed E-state index contributed by atoms with van der Waals surface area (Å²) in [6, 6.07) is 12.2. The lowest BCUT2D eigenvalue weighted by molar-refractivity contribution is -0.131. The van der Waals surface area contributed by atoms with E-state index in [1.54, 1.807) is 27.3 Å². The van der Waals surface area contributed by atoms with Gasteiger partial charge >= 0.3 is 0 Å². The first-order valence-corrected chi connectivity index (χ1v) is 10.0. The number of ether oxygens (including phenoxy) is 2. The third-order valence-corrected chi connectivity index (χ3v) is 5.61. The van der Waals surface area contributed by atoms with Crippen molar-refractivity contribution < 1.29 is 14.3 Å². The van der Waals surface area contributed by atoms with Crippen LogP contribution in [0, 0.1) is 0 Å². The van der Waals surface area contributed by atoms with E-state index >= 15 is 0 Å². The van der Waals surface area contributed by atoms with Crippen molar-refractivity contribution in [3.8, 4) is 22.9 Å². The number of carbonyl (C=O) groups excluding carboxylic acids is 1. The minimum Gasteiger partial charge on any atom is -0.497 e. The zero-order chi connectivity index (χ0) is 21.3. The van der Waals surface area contributed by atoms with Crippen molar-refractivity contribution in [2.75, 3.05) is 38.8 Å². The molecule has 0 bridgehead atoms. The lowest BCUT2D eigenvalue weighted by Crippen LogP contribution is -2.53. The highest BCUT2D eigenvalue weighted by molar-refractivity contribution is 5.87. The number of methoxy groups -OCH3 is 2. The predicted octanol–water partition coefficient (Wildman–Crippen LogP) is 3.37. The van der Waals surface area contributed by atoms with Crippen molar-refractivity contribution in [2.45, 2.75) is 19.9 Å². The molecule has 1 saturated heterocycles. The molecule has 156 valence electrons. The Balaban J connectivity index is 1.58. The highest BCUT2D eigenvalue weighted by atomic mass is 16.5. The standard InChI is InChI=1S/C23H26N4O3/c1-15-14-26(9-10-27(15)16(2)28)18-7-5-17(6-8-18)23-24-13-20-21(25-23)11-19(29-3)12-22(20)30-4/h5-8,11-13,15H,9-10,14H2,1-4H3. The van der Waals surface area contributed by atoms with Crippen LogP contribution in [0.2, 0.25) is 0 Å². The van der Waals surface area contributed by atoms with Crippen LogP contribution in [-0.2, 0) is 4.79 Å². The van der Waals surface area contributed by atoms with Gasteiger partial charge in [0.2, 0.25) is 5.91 Å². The molecule has 2 heterocycles. The molecule has 7 nitrogen and oxygen atoms in total. The topological polar surface area (TPSA) is 67.8 Å². The molecule has 1 aromatic heterocycles. The van der Waals surface area contributed by atoms with Crippen LogP contribution in [0.15, 0.2) is 42.6 Å². The summed E-state index contributed by atoms with van der Waals surface area (Å²) in [5, 5.41) is 0.844. The van der Waals surface area contributed by atoms with E-state index in [9.17, 15) is 4.79 Å². The van der Waals surface area contributed by atoms with Gasteiger partial charge in [-0.2, -0.15) is 0 Å². The maximum Gasteiger partial charge on any atom is 0.219 e. The summed E-state index contributed by atoms with van der Waals surface area (Å²) in [7, 11) is 3.25. The molecule has 7 heteroatoms. The van der Waals surface area contributed by atoms with E-state index in [4.69, 9.17) is 14.5 Å². The lowest BCUT2D eigenvalue weighted by atomic mass is 10.1. The number of aromatic nitrogens is 2. The molecule has 0 spiro atoms. The number of rotatable bonds is 4. The first kappa shape index (κ1) is 19.9. The fourth-order valence-corrected chi connectivity index (χ4v) is 3.99. The molecule has 1 aliphatic heterocycles. The minimum atomic E-state index is 0.138. The average molecular weight is 406 g/mol. The van der Waals surface area contributed by atoms with Crippen molar-refractivity contribution in [1.29, 1.82) is 0 Å². The van der Waals surface area contributed by atoms with Crippen LogP contribution in [0.1, 0.15) is 13.8 Å². The van der Waals surface area contributed by atoms with Gasteiger partial charge in [0, 0.05) is 62.2 Å². The Kier molecular flexibility index (Phi) is 5.44. The summed E-state index contributed by atoms with van der Waals surface area (Å²) < 4.78 is 10.8. The molecule has 4 rings (SSSR count). The summed E-state index contributed by atoms with van der Waals surface area (Å²) in [4.78, 5) is 25.2. The Hall–Kier alpha value is -3.35. The fraction of sp³-hybridized carbons (Fsp3) is 0.348. The Morgan fingerprint density at radius 1 is 1.10 bits per heavy atom. The number of hydrogen-bond donors (Lipinski definition) is 0. The molecule has 0 saturated carbocycles. The van der Waals surface area contributed by atoms with E-state index in [-0.39, 0.29) is 11.9 Å². The predicted molar refractivity (Wildman–Crippen MR) is 117 cm³/mol. The molecule has 1 amide bonds. The molecule has 0 aliphatic carbocycles.